The van der Waals surface area contributed by atoms with E-state index < -0.39 is 0 Å². The third kappa shape index (κ3) is 9.28. The summed E-state index contributed by atoms with van der Waals surface area (Å²) in [5.74, 6) is 0.528. The molecule has 0 fully saturated rings. The molecular formula is C14H20ClN3O3. The van der Waals surface area contributed by atoms with E-state index in [1.54, 1.807) is 0 Å². The zero-order valence-electron chi connectivity index (χ0n) is 11.9. The Labute approximate surface area is 129 Å². The van der Waals surface area contributed by atoms with E-state index in [9.17, 15) is 0 Å². The fourth-order valence-corrected chi connectivity index (χ4v) is 1.68. The van der Waals surface area contributed by atoms with Gasteiger partial charge in [0.05, 0.1) is 39.6 Å². The first kappa shape index (κ1) is 17.8. The molecule has 0 N–H and O–H groups in total. The lowest BCUT2D eigenvalue weighted by Crippen LogP contribution is -2.10. The molecule has 0 atom stereocenters. The highest BCUT2D eigenvalue weighted by atomic mass is 35.5. The van der Waals surface area contributed by atoms with Crippen LogP contribution < -0.4 is 0 Å². The third-order valence-electron chi connectivity index (χ3n) is 2.59. The molecule has 7 heteroatoms. The zero-order chi connectivity index (χ0) is 15.2. The van der Waals surface area contributed by atoms with Crippen LogP contribution in [-0.2, 0) is 26.7 Å². The van der Waals surface area contributed by atoms with Gasteiger partial charge in [0.25, 0.3) is 0 Å². The van der Waals surface area contributed by atoms with Gasteiger partial charge < -0.3 is 14.2 Å². The summed E-state index contributed by atoms with van der Waals surface area (Å²) in [4.78, 5) is 2.63. The summed E-state index contributed by atoms with van der Waals surface area (Å²) in [5.41, 5.74) is 10.3. The Morgan fingerprint density at radius 1 is 0.905 bits per heavy atom. The van der Waals surface area contributed by atoms with Crippen molar-refractivity contribution in [2.75, 3.05) is 39.6 Å². The lowest BCUT2D eigenvalue weighted by atomic mass is 10.2. The average Bonchev–Trinajstić information content (AvgIpc) is 2.53. The van der Waals surface area contributed by atoms with Gasteiger partial charge in [-0.1, -0.05) is 29.4 Å². The van der Waals surface area contributed by atoms with Crippen molar-refractivity contribution in [3.8, 4) is 0 Å². The molecule has 0 heterocycles. The SMILES string of the molecule is [N-]=[N+]=NCCOCCOCCOCc1ccc(CCl)cc1. The first-order valence-electron chi connectivity index (χ1n) is 6.74. The molecule has 0 aromatic heterocycles. The van der Waals surface area contributed by atoms with Crippen molar-refractivity contribution in [1.82, 2.24) is 0 Å². The fourth-order valence-electron chi connectivity index (χ4n) is 1.50. The molecule has 0 bridgehead atoms. The molecule has 0 radical (unpaired) electrons. The van der Waals surface area contributed by atoms with E-state index in [2.05, 4.69) is 10.0 Å². The number of halogens is 1. The maximum Gasteiger partial charge on any atom is 0.0718 e. The molecule has 0 saturated heterocycles. The standard InChI is InChI=1S/C14H20ClN3O3/c15-11-13-1-3-14(4-2-13)12-21-10-9-20-8-7-19-6-5-17-18-16/h1-4H,5-12H2. The van der Waals surface area contributed by atoms with Crippen LogP contribution >= 0.6 is 11.6 Å². The summed E-state index contributed by atoms with van der Waals surface area (Å²) in [7, 11) is 0. The van der Waals surface area contributed by atoms with Crippen LogP contribution in [0.25, 0.3) is 10.4 Å². The summed E-state index contributed by atoms with van der Waals surface area (Å²) in [5, 5.41) is 3.36. The Morgan fingerprint density at radius 2 is 1.48 bits per heavy atom. The topological polar surface area (TPSA) is 76.5 Å². The number of nitrogens with zero attached hydrogens (tertiary/aromatic N) is 3. The molecule has 21 heavy (non-hydrogen) atoms. The maximum atomic E-state index is 8.06. The van der Waals surface area contributed by atoms with Gasteiger partial charge in [-0.15, -0.1) is 11.6 Å². The second-order valence-corrected chi connectivity index (χ2v) is 4.45. The van der Waals surface area contributed by atoms with E-state index in [0.29, 0.717) is 52.1 Å². The predicted molar refractivity (Wildman–Crippen MR) is 81.3 cm³/mol. The fraction of sp³-hybridized carbons (Fsp3) is 0.571. The Bertz CT molecular complexity index is 422. The normalized spacial score (nSPS) is 10.3. The van der Waals surface area contributed by atoms with Crippen molar-refractivity contribution < 1.29 is 14.2 Å². The summed E-state index contributed by atoms with van der Waals surface area (Å²) in [6.45, 7) is 3.39. The first-order valence-corrected chi connectivity index (χ1v) is 7.28. The molecule has 116 valence electrons. The molecule has 0 aliphatic carbocycles. The van der Waals surface area contributed by atoms with Crippen LogP contribution in [0.1, 0.15) is 11.1 Å². The predicted octanol–water partition coefficient (Wildman–Crippen LogP) is 3.29. The molecule has 0 spiro atoms. The number of ether oxygens (including phenoxy) is 3. The second kappa shape index (κ2) is 12.4. The van der Waals surface area contributed by atoms with Crippen LogP contribution in [0.2, 0.25) is 0 Å². The Morgan fingerprint density at radius 3 is 2.10 bits per heavy atom. The van der Waals surface area contributed by atoms with Gasteiger partial charge in [0, 0.05) is 17.3 Å². The lowest BCUT2D eigenvalue weighted by molar-refractivity contribution is 0.0119. The van der Waals surface area contributed by atoms with Crippen LogP contribution in [-0.4, -0.2) is 39.6 Å². The van der Waals surface area contributed by atoms with Gasteiger partial charge in [0.2, 0.25) is 0 Å². The minimum atomic E-state index is 0.349. The van der Waals surface area contributed by atoms with Gasteiger partial charge in [-0.3, -0.25) is 0 Å². The largest absolute Gasteiger partial charge is 0.379 e. The van der Waals surface area contributed by atoms with E-state index in [1.165, 1.54) is 0 Å². The number of alkyl halides is 1. The quantitative estimate of drug-likeness (QED) is 0.195. The van der Waals surface area contributed by atoms with Crippen molar-refractivity contribution in [3.63, 3.8) is 0 Å². The van der Waals surface area contributed by atoms with Crippen LogP contribution in [0.3, 0.4) is 0 Å². The van der Waals surface area contributed by atoms with Crippen molar-refractivity contribution in [1.29, 1.82) is 0 Å². The summed E-state index contributed by atoms with van der Waals surface area (Å²) < 4.78 is 16.0. The van der Waals surface area contributed by atoms with Crippen LogP contribution in [0.5, 0.6) is 0 Å². The molecule has 1 aromatic rings. The Hall–Kier alpha value is -1.30. The number of benzene rings is 1. The van der Waals surface area contributed by atoms with Gasteiger partial charge in [-0.05, 0) is 16.7 Å². The molecular weight excluding hydrogens is 294 g/mol. The minimum absolute atomic E-state index is 0.349. The maximum absolute atomic E-state index is 8.06. The Balaban J connectivity index is 1.91. The number of hydrogen-bond acceptors (Lipinski definition) is 4. The summed E-state index contributed by atoms with van der Waals surface area (Å²) in [6, 6.07) is 8.01. The van der Waals surface area contributed by atoms with Crippen LogP contribution in [0.15, 0.2) is 29.4 Å². The third-order valence-corrected chi connectivity index (χ3v) is 2.90. The zero-order valence-corrected chi connectivity index (χ0v) is 12.7. The average molecular weight is 314 g/mol. The van der Waals surface area contributed by atoms with Gasteiger partial charge >= 0.3 is 0 Å². The number of rotatable bonds is 12. The van der Waals surface area contributed by atoms with E-state index in [0.717, 1.165) is 11.1 Å². The smallest absolute Gasteiger partial charge is 0.0718 e. The highest BCUT2D eigenvalue weighted by Crippen LogP contribution is 2.07. The van der Waals surface area contributed by atoms with Crippen molar-refractivity contribution in [3.05, 3.63) is 45.8 Å². The first-order chi connectivity index (χ1) is 10.4. The van der Waals surface area contributed by atoms with Crippen molar-refractivity contribution in [2.45, 2.75) is 12.5 Å². The lowest BCUT2D eigenvalue weighted by Gasteiger charge is -2.07. The summed E-state index contributed by atoms with van der Waals surface area (Å²) in [6.07, 6.45) is 0. The summed E-state index contributed by atoms with van der Waals surface area (Å²) >= 11 is 5.72. The molecule has 0 aliphatic rings. The molecule has 0 unspecified atom stereocenters. The minimum Gasteiger partial charge on any atom is -0.379 e. The highest BCUT2D eigenvalue weighted by Gasteiger charge is 1.95. The highest BCUT2D eigenvalue weighted by molar-refractivity contribution is 6.17. The van der Waals surface area contributed by atoms with E-state index >= 15 is 0 Å². The van der Waals surface area contributed by atoms with E-state index in [-0.39, 0.29) is 0 Å². The van der Waals surface area contributed by atoms with E-state index in [4.69, 9.17) is 31.3 Å². The molecule has 0 aliphatic heterocycles. The molecule has 1 aromatic carbocycles. The second-order valence-electron chi connectivity index (χ2n) is 4.18. The van der Waals surface area contributed by atoms with Crippen molar-refractivity contribution >= 4 is 11.6 Å². The molecule has 0 amide bonds. The van der Waals surface area contributed by atoms with Gasteiger partial charge in [0.1, 0.15) is 0 Å². The van der Waals surface area contributed by atoms with Crippen LogP contribution in [0, 0.1) is 0 Å². The van der Waals surface area contributed by atoms with Crippen LogP contribution in [0.4, 0.5) is 0 Å². The Kier molecular flexibility index (Phi) is 10.5. The molecule has 6 nitrogen and oxygen atoms in total. The van der Waals surface area contributed by atoms with Gasteiger partial charge in [-0.25, -0.2) is 0 Å². The monoisotopic (exact) mass is 313 g/mol. The van der Waals surface area contributed by atoms with E-state index in [1.807, 2.05) is 24.3 Å². The number of hydrogen-bond donors (Lipinski definition) is 0. The van der Waals surface area contributed by atoms with Gasteiger partial charge in [-0.2, -0.15) is 0 Å². The molecule has 0 saturated carbocycles. The van der Waals surface area contributed by atoms with Gasteiger partial charge in [0.15, 0.2) is 0 Å². The number of azide groups is 1. The molecule has 1 rings (SSSR count). The van der Waals surface area contributed by atoms with Crippen molar-refractivity contribution in [2.24, 2.45) is 5.11 Å².